The van der Waals surface area contributed by atoms with Crippen molar-refractivity contribution in [1.29, 1.82) is 0 Å². The van der Waals surface area contributed by atoms with E-state index in [0.717, 1.165) is 12.8 Å². The molecule has 1 amide bonds. The summed E-state index contributed by atoms with van der Waals surface area (Å²) in [4.78, 5) is 30.8. The Balaban J connectivity index is 1.46. The maximum absolute atomic E-state index is 11.9. The number of nitrogens with zero attached hydrogens (tertiary/aromatic N) is 1. The molecule has 122 valence electrons. The zero-order valence-corrected chi connectivity index (χ0v) is 14.4. The summed E-state index contributed by atoms with van der Waals surface area (Å²) in [5, 5.41) is 5.26. The molecule has 3 rings (SSSR count). The molecule has 1 aliphatic rings. The first-order chi connectivity index (χ1) is 11.2. The normalized spacial score (nSPS) is 14.7. The number of fused-ring (bicyclic) bond motifs is 1. The number of thiophene rings is 1. The molecule has 2 heterocycles. The lowest BCUT2D eigenvalue weighted by Gasteiger charge is -2.12. The highest BCUT2D eigenvalue weighted by molar-refractivity contribution is 7.99. The van der Waals surface area contributed by atoms with Gasteiger partial charge in [-0.15, -0.1) is 11.3 Å². The molecule has 0 bridgehead atoms. The third-order valence-electron chi connectivity index (χ3n) is 3.79. The van der Waals surface area contributed by atoms with Crippen LogP contribution in [-0.4, -0.2) is 28.2 Å². The van der Waals surface area contributed by atoms with E-state index in [9.17, 15) is 9.59 Å². The van der Waals surface area contributed by atoms with Crippen molar-refractivity contribution in [1.82, 2.24) is 15.3 Å². The number of carbonyl (C=O) groups excluding carboxylic acids is 1. The second-order valence-corrected chi connectivity index (χ2v) is 7.38. The van der Waals surface area contributed by atoms with E-state index in [4.69, 9.17) is 0 Å². The van der Waals surface area contributed by atoms with Crippen molar-refractivity contribution >= 4 is 39.2 Å². The fraction of sp³-hybridized carbons (Fsp3) is 0.438. The molecule has 0 atom stereocenters. The quantitative estimate of drug-likeness (QED) is 0.477. The zero-order valence-electron chi connectivity index (χ0n) is 12.8. The van der Waals surface area contributed by atoms with Crippen molar-refractivity contribution in [3.05, 3.63) is 33.4 Å². The Morgan fingerprint density at radius 2 is 2.35 bits per heavy atom. The van der Waals surface area contributed by atoms with Crippen LogP contribution in [0.15, 0.2) is 33.0 Å². The Hall–Kier alpha value is -1.60. The van der Waals surface area contributed by atoms with Crippen LogP contribution in [0.5, 0.6) is 0 Å². The van der Waals surface area contributed by atoms with Crippen molar-refractivity contribution in [3.8, 4) is 0 Å². The maximum Gasteiger partial charge on any atom is 0.269 e. The molecule has 2 aromatic heterocycles. The van der Waals surface area contributed by atoms with E-state index in [0.29, 0.717) is 21.9 Å². The van der Waals surface area contributed by atoms with Gasteiger partial charge >= 0.3 is 0 Å². The summed E-state index contributed by atoms with van der Waals surface area (Å²) in [5.74, 6) is 0.233. The lowest BCUT2D eigenvalue weighted by molar-refractivity contribution is -0.118. The van der Waals surface area contributed by atoms with Gasteiger partial charge in [0.05, 0.1) is 11.3 Å². The van der Waals surface area contributed by atoms with E-state index < -0.39 is 0 Å². The molecule has 0 unspecified atom stereocenters. The van der Waals surface area contributed by atoms with Crippen LogP contribution in [0.2, 0.25) is 0 Å². The van der Waals surface area contributed by atoms with Crippen LogP contribution in [-0.2, 0) is 4.79 Å². The summed E-state index contributed by atoms with van der Waals surface area (Å²) in [5.41, 5.74) is 2.00. The van der Waals surface area contributed by atoms with Gasteiger partial charge in [0.25, 0.3) is 5.56 Å². The fourth-order valence-corrected chi connectivity index (χ4v) is 4.02. The van der Waals surface area contributed by atoms with Crippen LogP contribution in [0.4, 0.5) is 0 Å². The van der Waals surface area contributed by atoms with Gasteiger partial charge in [-0.1, -0.05) is 23.4 Å². The number of carbonyl (C=O) groups is 1. The summed E-state index contributed by atoms with van der Waals surface area (Å²) in [6, 6.07) is 1.82. The molecule has 2 aromatic rings. The van der Waals surface area contributed by atoms with Crippen molar-refractivity contribution in [2.45, 2.75) is 37.3 Å². The highest BCUT2D eigenvalue weighted by Crippen LogP contribution is 2.20. The minimum Gasteiger partial charge on any atom is -0.355 e. The number of hydrogen-bond donors (Lipinski definition) is 2. The molecule has 0 saturated heterocycles. The molecule has 1 aliphatic carbocycles. The molecule has 0 aliphatic heterocycles. The Morgan fingerprint density at radius 3 is 3.17 bits per heavy atom. The first kappa shape index (κ1) is 16.3. The standard InChI is InChI=1S/C16H19N3O2S2/c20-13(17-8-6-11-4-2-1-3-5-11)10-23-16-18-12-7-9-22-14(12)15(21)19-16/h4,7,9H,1-3,5-6,8,10H2,(H,17,20)(H,18,19,21). The molecule has 2 N–H and O–H groups in total. The minimum absolute atomic E-state index is 0.0283. The second-order valence-electron chi connectivity index (χ2n) is 5.50. The van der Waals surface area contributed by atoms with Crippen LogP contribution < -0.4 is 10.9 Å². The van der Waals surface area contributed by atoms with Gasteiger partial charge in [-0.25, -0.2) is 4.98 Å². The molecular weight excluding hydrogens is 330 g/mol. The molecule has 0 aromatic carbocycles. The number of hydrogen-bond acceptors (Lipinski definition) is 5. The second kappa shape index (κ2) is 7.79. The van der Waals surface area contributed by atoms with Gasteiger partial charge in [-0.2, -0.15) is 0 Å². The molecule has 0 radical (unpaired) electrons. The molecule has 5 nitrogen and oxygen atoms in total. The zero-order chi connectivity index (χ0) is 16.1. The van der Waals surface area contributed by atoms with E-state index in [1.807, 2.05) is 11.4 Å². The molecule has 0 fully saturated rings. The summed E-state index contributed by atoms with van der Waals surface area (Å²) < 4.78 is 0.625. The molecule has 7 heteroatoms. The smallest absolute Gasteiger partial charge is 0.269 e. The number of thioether (sulfide) groups is 1. The van der Waals surface area contributed by atoms with E-state index >= 15 is 0 Å². The van der Waals surface area contributed by atoms with E-state index in [2.05, 4.69) is 21.4 Å². The van der Waals surface area contributed by atoms with Gasteiger partial charge in [-0.05, 0) is 43.6 Å². The number of rotatable bonds is 6. The molecule has 0 spiro atoms. The largest absolute Gasteiger partial charge is 0.355 e. The van der Waals surface area contributed by atoms with Gasteiger partial charge in [0, 0.05) is 6.54 Å². The lowest BCUT2D eigenvalue weighted by Crippen LogP contribution is -2.26. The van der Waals surface area contributed by atoms with Crippen LogP contribution in [0.25, 0.3) is 10.2 Å². The van der Waals surface area contributed by atoms with Gasteiger partial charge in [0.15, 0.2) is 5.16 Å². The van der Waals surface area contributed by atoms with Gasteiger partial charge in [0.2, 0.25) is 5.91 Å². The maximum atomic E-state index is 11.9. The SMILES string of the molecule is O=C(CSc1nc2ccsc2c(=O)[nH]1)NCCC1=CCCCC1. The van der Waals surface area contributed by atoms with E-state index in [1.165, 1.54) is 47.9 Å². The third kappa shape index (κ3) is 4.45. The minimum atomic E-state index is -0.142. The van der Waals surface area contributed by atoms with Gasteiger partial charge < -0.3 is 10.3 Å². The average molecular weight is 349 g/mol. The monoisotopic (exact) mass is 349 g/mol. The van der Waals surface area contributed by atoms with Gasteiger partial charge in [-0.3, -0.25) is 9.59 Å². The Bertz CT molecular complexity index is 779. The first-order valence-electron chi connectivity index (χ1n) is 7.77. The van der Waals surface area contributed by atoms with Crippen LogP contribution in [0.1, 0.15) is 32.1 Å². The summed E-state index contributed by atoms with van der Waals surface area (Å²) >= 11 is 2.63. The lowest BCUT2D eigenvalue weighted by atomic mass is 9.97. The van der Waals surface area contributed by atoms with E-state index in [-0.39, 0.29) is 17.2 Å². The summed E-state index contributed by atoms with van der Waals surface area (Å²) in [6.45, 7) is 0.679. The number of allylic oxidation sites excluding steroid dienone is 1. The Morgan fingerprint density at radius 1 is 1.43 bits per heavy atom. The number of amides is 1. The van der Waals surface area contributed by atoms with Crippen molar-refractivity contribution in [3.63, 3.8) is 0 Å². The Kier molecular flexibility index (Phi) is 5.51. The van der Waals surface area contributed by atoms with Crippen molar-refractivity contribution in [2.24, 2.45) is 0 Å². The number of aromatic nitrogens is 2. The number of nitrogens with one attached hydrogen (secondary N) is 2. The average Bonchev–Trinajstić information content (AvgIpc) is 3.03. The molecule has 23 heavy (non-hydrogen) atoms. The topological polar surface area (TPSA) is 74.8 Å². The van der Waals surface area contributed by atoms with E-state index in [1.54, 1.807) is 0 Å². The highest BCUT2D eigenvalue weighted by atomic mass is 32.2. The summed E-state index contributed by atoms with van der Waals surface area (Å²) in [6.07, 6.45) is 8.12. The predicted molar refractivity (Wildman–Crippen MR) is 95.1 cm³/mol. The molecular formula is C16H19N3O2S2. The first-order valence-corrected chi connectivity index (χ1v) is 9.64. The predicted octanol–water partition coefficient (Wildman–Crippen LogP) is 3.08. The highest BCUT2D eigenvalue weighted by Gasteiger charge is 2.09. The van der Waals surface area contributed by atoms with Crippen molar-refractivity contribution in [2.75, 3.05) is 12.3 Å². The molecule has 0 saturated carbocycles. The van der Waals surface area contributed by atoms with Gasteiger partial charge in [0.1, 0.15) is 4.70 Å². The fourth-order valence-electron chi connectivity index (χ4n) is 2.60. The number of H-pyrrole nitrogens is 1. The summed E-state index contributed by atoms with van der Waals surface area (Å²) in [7, 11) is 0. The van der Waals surface area contributed by atoms with Crippen LogP contribution >= 0.6 is 23.1 Å². The number of aromatic amines is 1. The van der Waals surface area contributed by atoms with Crippen LogP contribution in [0.3, 0.4) is 0 Å². The third-order valence-corrected chi connectivity index (χ3v) is 5.56. The van der Waals surface area contributed by atoms with Crippen molar-refractivity contribution < 1.29 is 4.79 Å². The Labute approximate surface area is 142 Å². The van der Waals surface area contributed by atoms with Crippen LogP contribution in [0, 0.1) is 0 Å².